The summed E-state index contributed by atoms with van der Waals surface area (Å²) in [4.78, 5) is 0. The molecular formula is C47H56Zr. The van der Waals surface area contributed by atoms with Gasteiger partial charge in [0.1, 0.15) is 0 Å². The predicted molar refractivity (Wildman–Crippen MR) is 206 cm³/mol. The number of fused-ring (bicyclic) bond motifs is 3. The molecule has 0 aromatic heterocycles. The van der Waals surface area contributed by atoms with Crippen molar-refractivity contribution in [3.63, 3.8) is 0 Å². The fourth-order valence-corrected chi connectivity index (χ4v) is 7.85. The van der Waals surface area contributed by atoms with E-state index in [1.165, 1.54) is 79.9 Å². The predicted octanol–water partition coefficient (Wildman–Crippen LogP) is 12.2. The summed E-state index contributed by atoms with van der Waals surface area (Å²) >= 11 is 1.51. The fourth-order valence-electron chi connectivity index (χ4n) is 7.14. The van der Waals surface area contributed by atoms with Gasteiger partial charge in [0.15, 0.2) is 0 Å². The summed E-state index contributed by atoms with van der Waals surface area (Å²) in [5.74, 6) is 0. The van der Waals surface area contributed by atoms with Crippen LogP contribution in [0.5, 0.6) is 0 Å². The van der Waals surface area contributed by atoms with Crippen LogP contribution >= 0.6 is 0 Å². The van der Waals surface area contributed by atoms with Gasteiger partial charge in [0.05, 0.1) is 0 Å². The minimum atomic E-state index is 0.0962. The average Bonchev–Trinajstić information content (AvgIpc) is 3.72. The zero-order valence-electron chi connectivity index (χ0n) is 31.7. The molecule has 0 spiro atoms. The van der Waals surface area contributed by atoms with Crippen LogP contribution in [0.2, 0.25) is 0 Å². The van der Waals surface area contributed by atoms with Gasteiger partial charge < -0.3 is 0 Å². The summed E-state index contributed by atoms with van der Waals surface area (Å²) in [6.07, 6.45) is 11.0. The van der Waals surface area contributed by atoms with Gasteiger partial charge in [-0.2, -0.15) is 23.8 Å². The Morgan fingerprint density at radius 1 is 0.646 bits per heavy atom. The molecule has 0 saturated heterocycles. The van der Waals surface area contributed by atoms with Crippen molar-refractivity contribution in [1.82, 2.24) is 0 Å². The van der Waals surface area contributed by atoms with Crippen molar-refractivity contribution in [2.45, 2.75) is 118 Å². The van der Waals surface area contributed by atoms with Gasteiger partial charge in [0, 0.05) is 0 Å². The van der Waals surface area contributed by atoms with Gasteiger partial charge in [-0.15, -0.1) is 23.1 Å². The Morgan fingerprint density at radius 2 is 1.15 bits per heavy atom. The summed E-state index contributed by atoms with van der Waals surface area (Å²) in [5.41, 5.74) is 14.6. The molecule has 4 aromatic carbocycles. The molecule has 0 radical (unpaired) electrons. The fraction of sp³-hybridized carbons (Fsp3) is 0.383. The molecule has 0 aliphatic heterocycles. The first kappa shape index (κ1) is 37.9. The van der Waals surface area contributed by atoms with Crippen molar-refractivity contribution in [2.24, 2.45) is 0 Å². The van der Waals surface area contributed by atoms with Crippen LogP contribution in [0.4, 0.5) is 0 Å². The van der Waals surface area contributed by atoms with Crippen molar-refractivity contribution in [3.05, 3.63) is 154 Å². The maximum absolute atomic E-state index is 3.69. The van der Waals surface area contributed by atoms with Crippen LogP contribution in [0, 0.1) is 26.0 Å². The van der Waals surface area contributed by atoms with Crippen LogP contribution < -0.4 is 0 Å². The first-order valence-corrected chi connectivity index (χ1v) is 18.7. The molecule has 0 bridgehead atoms. The van der Waals surface area contributed by atoms with E-state index in [-0.39, 0.29) is 21.7 Å². The summed E-state index contributed by atoms with van der Waals surface area (Å²) in [7, 11) is 0. The van der Waals surface area contributed by atoms with Gasteiger partial charge in [-0.3, -0.25) is 6.08 Å². The molecule has 0 N–H and O–H groups in total. The van der Waals surface area contributed by atoms with Gasteiger partial charge in [0.2, 0.25) is 0 Å². The van der Waals surface area contributed by atoms with E-state index in [1.807, 2.05) is 12.2 Å². The van der Waals surface area contributed by atoms with Gasteiger partial charge in [-0.25, -0.2) is 12.2 Å². The van der Waals surface area contributed by atoms with Crippen LogP contribution in [0.25, 0.3) is 11.1 Å². The van der Waals surface area contributed by atoms with Crippen LogP contribution in [-0.2, 0) is 52.3 Å². The number of allylic oxidation sites excluding steroid dienone is 4. The summed E-state index contributed by atoms with van der Waals surface area (Å²) in [6, 6.07) is 32.6. The largest absolute Gasteiger partial charge is 0.273 e. The second-order valence-electron chi connectivity index (χ2n) is 16.6. The monoisotopic (exact) mass is 710 g/mol. The molecule has 0 nitrogen and oxygen atoms in total. The van der Waals surface area contributed by atoms with Crippen LogP contribution in [-0.4, -0.2) is 3.21 Å². The second-order valence-corrected chi connectivity index (χ2v) is 17.8. The minimum absolute atomic E-state index is 0.0962. The quantitative estimate of drug-likeness (QED) is 0.163. The van der Waals surface area contributed by atoms with Crippen LogP contribution in [0.1, 0.15) is 120 Å². The van der Waals surface area contributed by atoms with E-state index in [0.717, 1.165) is 12.8 Å². The van der Waals surface area contributed by atoms with E-state index in [1.54, 1.807) is 3.21 Å². The van der Waals surface area contributed by atoms with Crippen molar-refractivity contribution in [2.75, 3.05) is 0 Å². The SMILES string of the molecule is CC(C)([C](=[Zr+2])C(C)(C)c1ccccc1)c1ccccc1.Cc1[c-]c2c(cc1C(C)(C)C)-c1cc(C(C)(C)C)c(C)cc1C2.[C-]1=CC=CC1. The van der Waals surface area contributed by atoms with Gasteiger partial charge >= 0.3 is 138 Å². The molecule has 0 amide bonds. The first-order chi connectivity index (χ1) is 22.3. The molecule has 6 rings (SSSR count). The standard InChI is InChI=1S/C23H29.C19H22.C5H5.Zr/c1-14-9-16-11-17-10-15(2)21(23(6,7)8)13-19(17)18(16)12-20(14)22(3,4)5;1-18(2,16-11-7-5-8-12-16)15-19(3,4)17-13-9-6-10-14-17;1-2-4-5-3-1;/h9,12-13H,11H2,1-8H3;5-14H,1-4H3;1-3H,4H2;/q-1;;-1;+2. The summed E-state index contributed by atoms with van der Waals surface area (Å²) < 4.78 is 1.58. The van der Waals surface area contributed by atoms with E-state index in [4.69, 9.17) is 0 Å². The summed E-state index contributed by atoms with van der Waals surface area (Å²) in [6.45, 7) is 27.6. The molecule has 0 unspecified atom stereocenters. The number of rotatable bonds is 4. The zero-order chi connectivity index (χ0) is 35.5. The minimum Gasteiger partial charge on any atom is -0.273 e. The van der Waals surface area contributed by atoms with E-state index in [0.29, 0.717) is 0 Å². The molecule has 0 heterocycles. The second kappa shape index (κ2) is 14.9. The topological polar surface area (TPSA) is 0 Å². The first-order valence-electron chi connectivity index (χ1n) is 17.5. The molecule has 2 aliphatic carbocycles. The van der Waals surface area contributed by atoms with Crippen molar-refractivity contribution >= 4 is 3.21 Å². The molecule has 0 saturated carbocycles. The maximum atomic E-state index is 3.69. The van der Waals surface area contributed by atoms with E-state index >= 15 is 0 Å². The molecule has 48 heavy (non-hydrogen) atoms. The molecule has 1 heteroatoms. The number of aryl methyl sites for hydroxylation is 2. The molecule has 0 atom stereocenters. The number of benzene rings is 4. The normalized spacial score (nSPS) is 13.6. The van der Waals surface area contributed by atoms with Gasteiger partial charge in [-0.05, 0) is 35.4 Å². The summed E-state index contributed by atoms with van der Waals surface area (Å²) in [5, 5.41) is 0. The van der Waals surface area contributed by atoms with E-state index < -0.39 is 0 Å². The molecular weight excluding hydrogens is 656 g/mol. The Kier molecular flexibility index (Phi) is 11.8. The Balaban J connectivity index is 0.000000190. The Morgan fingerprint density at radius 3 is 1.56 bits per heavy atom. The average molecular weight is 712 g/mol. The van der Waals surface area contributed by atoms with Crippen molar-refractivity contribution in [3.8, 4) is 11.1 Å². The smallest absolute Gasteiger partial charge is 0.0129 e. The van der Waals surface area contributed by atoms with Gasteiger partial charge in [0.25, 0.3) is 0 Å². The third-order valence-electron chi connectivity index (χ3n) is 9.91. The van der Waals surface area contributed by atoms with Crippen molar-refractivity contribution < 1.29 is 24.2 Å². The molecule has 4 aromatic rings. The Labute approximate surface area is 308 Å². The van der Waals surface area contributed by atoms with Gasteiger partial charge in [-0.1, -0.05) is 71.6 Å². The third kappa shape index (κ3) is 8.63. The molecule has 248 valence electrons. The third-order valence-corrected chi connectivity index (χ3v) is 13.0. The number of hydrogen-bond donors (Lipinski definition) is 0. The maximum Gasteiger partial charge on any atom is -0.0129 e. The van der Waals surface area contributed by atoms with Crippen LogP contribution in [0.15, 0.2) is 97.1 Å². The number of hydrogen-bond acceptors (Lipinski definition) is 0. The Bertz CT molecular complexity index is 1650. The van der Waals surface area contributed by atoms with E-state index in [2.05, 4.69) is 180 Å². The molecule has 2 aliphatic rings. The van der Waals surface area contributed by atoms with E-state index in [9.17, 15) is 0 Å². The van der Waals surface area contributed by atoms with Crippen LogP contribution in [0.3, 0.4) is 0 Å². The molecule has 0 fully saturated rings. The Hall–Kier alpha value is -2.89. The van der Waals surface area contributed by atoms with Crippen molar-refractivity contribution in [1.29, 1.82) is 0 Å². The zero-order valence-corrected chi connectivity index (χ0v) is 34.1.